The molecular formula is C19H14F2N2O2. The molecule has 0 saturated heterocycles. The van der Waals surface area contributed by atoms with Crippen molar-refractivity contribution in [1.82, 2.24) is 5.32 Å². The first-order valence-electron chi connectivity index (χ1n) is 8.04. The number of benzene rings is 1. The minimum Gasteiger partial charge on any atom is -0.325 e. The van der Waals surface area contributed by atoms with Gasteiger partial charge in [-0.05, 0) is 55.2 Å². The van der Waals surface area contributed by atoms with Crippen LogP contribution in [0.1, 0.15) is 29.6 Å². The van der Waals surface area contributed by atoms with Crippen LogP contribution in [-0.2, 0) is 4.79 Å². The number of carbonyl (C=O) groups excluding carboxylic acids is 2. The molecule has 25 heavy (non-hydrogen) atoms. The number of carbonyl (C=O) groups is 2. The van der Waals surface area contributed by atoms with Crippen molar-refractivity contribution in [2.24, 2.45) is 10.9 Å². The minimum atomic E-state index is -1.09. The number of aliphatic imine (C=N–C) groups is 1. The molecule has 0 bridgehead atoms. The van der Waals surface area contributed by atoms with Crippen LogP contribution in [0.15, 0.2) is 58.3 Å². The molecule has 4 nitrogen and oxygen atoms in total. The number of hydrogen-bond acceptors (Lipinski definition) is 2. The maximum absolute atomic E-state index is 13.3. The lowest BCUT2D eigenvalue weighted by molar-refractivity contribution is -0.117. The summed E-state index contributed by atoms with van der Waals surface area (Å²) in [6, 6.07) is 2.90. The van der Waals surface area contributed by atoms with Crippen molar-refractivity contribution < 1.29 is 18.4 Å². The molecule has 4 rings (SSSR count). The van der Waals surface area contributed by atoms with Crippen LogP contribution in [0.2, 0.25) is 0 Å². The van der Waals surface area contributed by atoms with Crippen molar-refractivity contribution >= 4 is 17.5 Å². The molecule has 126 valence electrons. The van der Waals surface area contributed by atoms with Gasteiger partial charge in [-0.3, -0.25) is 9.59 Å². The van der Waals surface area contributed by atoms with Crippen LogP contribution < -0.4 is 5.32 Å². The lowest BCUT2D eigenvalue weighted by Crippen LogP contribution is -2.35. The molecule has 0 radical (unpaired) electrons. The Morgan fingerprint density at radius 3 is 2.84 bits per heavy atom. The van der Waals surface area contributed by atoms with Gasteiger partial charge in [-0.15, -0.1) is 0 Å². The van der Waals surface area contributed by atoms with Crippen LogP contribution in [0.5, 0.6) is 0 Å². The molecule has 1 aromatic carbocycles. The van der Waals surface area contributed by atoms with Crippen LogP contribution in [0.3, 0.4) is 0 Å². The van der Waals surface area contributed by atoms with Gasteiger partial charge >= 0.3 is 0 Å². The summed E-state index contributed by atoms with van der Waals surface area (Å²) in [5.41, 5.74) is 3.03. The second-order valence-electron chi connectivity index (χ2n) is 6.22. The van der Waals surface area contributed by atoms with Gasteiger partial charge in [0.2, 0.25) is 0 Å². The smallest absolute Gasteiger partial charge is 0.277 e. The average molecular weight is 340 g/mol. The van der Waals surface area contributed by atoms with Crippen LogP contribution in [0, 0.1) is 17.6 Å². The summed E-state index contributed by atoms with van der Waals surface area (Å²) in [7, 11) is 0. The van der Waals surface area contributed by atoms with Crippen molar-refractivity contribution in [1.29, 1.82) is 0 Å². The largest absolute Gasteiger partial charge is 0.325 e. The first kappa shape index (κ1) is 15.6. The van der Waals surface area contributed by atoms with E-state index in [9.17, 15) is 18.4 Å². The summed E-state index contributed by atoms with van der Waals surface area (Å²) in [5.74, 6) is -2.85. The van der Waals surface area contributed by atoms with E-state index in [0.717, 1.165) is 42.5 Å². The maximum Gasteiger partial charge on any atom is 0.277 e. The summed E-state index contributed by atoms with van der Waals surface area (Å²) >= 11 is 0. The zero-order valence-electron chi connectivity index (χ0n) is 13.2. The number of rotatable bonds is 1. The van der Waals surface area contributed by atoms with Gasteiger partial charge in [-0.25, -0.2) is 13.8 Å². The van der Waals surface area contributed by atoms with E-state index in [1.807, 2.05) is 6.08 Å². The van der Waals surface area contributed by atoms with Gasteiger partial charge in [0, 0.05) is 22.8 Å². The fraction of sp³-hybridized carbons (Fsp3) is 0.211. The highest BCUT2D eigenvalue weighted by atomic mass is 19.2. The molecule has 0 fully saturated rings. The van der Waals surface area contributed by atoms with E-state index in [1.54, 1.807) is 12.2 Å². The van der Waals surface area contributed by atoms with Gasteiger partial charge in [-0.2, -0.15) is 0 Å². The molecule has 1 N–H and O–H groups in total. The predicted molar refractivity (Wildman–Crippen MR) is 87.9 cm³/mol. The average Bonchev–Trinajstić information content (AvgIpc) is 3.07. The quantitative estimate of drug-likeness (QED) is 0.853. The molecule has 2 amide bonds. The SMILES string of the molecule is O=C1NC2=CC(=NC(=O)c3ccc(F)c(F)c3)C=CC2C2=C1CCC2. The number of hydrogen-bond donors (Lipinski definition) is 1. The van der Waals surface area contributed by atoms with Gasteiger partial charge in [0.1, 0.15) is 0 Å². The number of amides is 2. The van der Waals surface area contributed by atoms with E-state index in [0.29, 0.717) is 11.4 Å². The Bertz CT molecular complexity index is 925. The summed E-state index contributed by atoms with van der Waals surface area (Å²) < 4.78 is 26.2. The number of fused-ring (bicyclic) bond motifs is 2. The number of halogens is 2. The first-order valence-corrected chi connectivity index (χ1v) is 8.04. The Balaban J connectivity index is 1.62. The Kier molecular flexibility index (Phi) is 3.67. The first-order chi connectivity index (χ1) is 12.0. The van der Waals surface area contributed by atoms with E-state index in [2.05, 4.69) is 10.3 Å². The van der Waals surface area contributed by atoms with Crippen molar-refractivity contribution in [2.75, 3.05) is 0 Å². The van der Waals surface area contributed by atoms with E-state index < -0.39 is 17.5 Å². The van der Waals surface area contributed by atoms with Gasteiger partial charge in [0.15, 0.2) is 11.6 Å². The Morgan fingerprint density at radius 2 is 2.04 bits per heavy atom. The van der Waals surface area contributed by atoms with Crippen molar-refractivity contribution in [3.05, 3.63) is 70.5 Å². The second kappa shape index (κ2) is 5.88. The van der Waals surface area contributed by atoms with Gasteiger partial charge in [-0.1, -0.05) is 6.08 Å². The number of allylic oxidation sites excluding steroid dienone is 3. The summed E-state index contributed by atoms with van der Waals surface area (Å²) in [6.45, 7) is 0. The van der Waals surface area contributed by atoms with Crippen LogP contribution in [0.4, 0.5) is 8.78 Å². The van der Waals surface area contributed by atoms with E-state index in [4.69, 9.17) is 0 Å². The summed E-state index contributed by atoms with van der Waals surface area (Å²) in [6.07, 6.45) is 7.95. The van der Waals surface area contributed by atoms with Gasteiger partial charge in [0.05, 0.1) is 5.71 Å². The molecule has 1 unspecified atom stereocenters. The molecule has 0 aromatic heterocycles. The van der Waals surface area contributed by atoms with Crippen LogP contribution in [-0.4, -0.2) is 17.5 Å². The second-order valence-corrected chi connectivity index (χ2v) is 6.22. The van der Waals surface area contributed by atoms with Gasteiger partial charge < -0.3 is 5.32 Å². The highest BCUT2D eigenvalue weighted by Crippen LogP contribution is 2.39. The number of nitrogens with one attached hydrogen (secondary N) is 1. The third kappa shape index (κ3) is 2.73. The Hall–Kier alpha value is -2.89. The third-order valence-electron chi connectivity index (χ3n) is 4.66. The zero-order chi connectivity index (χ0) is 17.6. The molecule has 0 saturated carbocycles. The molecule has 1 atom stereocenters. The highest BCUT2D eigenvalue weighted by Gasteiger charge is 2.34. The molecule has 1 aromatic rings. The molecule has 2 aliphatic carbocycles. The highest BCUT2D eigenvalue weighted by molar-refractivity contribution is 6.14. The normalized spacial score (nSPS) is 23.3. The van der Waals surface area contributed by atoms with Crippen molar-refractivity contribution in [3.8, 4) is 0 Å². The van der Waals surface area contributed by atoms with Crippen molar-refractivity contribution in [3.63, 3.8) is 0 Å². The van der Waals surface area contributed by atoms with E-state index in [-0.39, 0.29) is 17.4 Å². The van der Waals surface area contributed by atoms with Crippen LogP contribution >= 0.6 is 0 Å². The maximum atomic E-state index is 13.3. The Labute approximate surface area is 142 Å². The standard InChI is InChI=1S/C19H14F2N2O2/c20-15-7-4-10(8-16(15)21)18(24)22-11-5-6-13-12-2-1-3-14(12)19(25)23-17(13)9-11/h4-9,13H,1-3H2,(H,23,25). The topological polar surface area (TPSA) is 58.5 Å². The fourth-order valence-electron chi connectivity index (χ4n) is 3.47. The molecule has 3 aliphatic rings. The van der Waals surface area contributed by atoms with Crippen LogP contribution in [0.25, 0.3) is 0 Å². The lowest BCUT2D eigenvalue weighted by atomic mass is 9.85. The summed E-state index contributed by atoms with van der Waals surface area (Å²) in [4.78, 5) is 28.2. The van der Waals surface area contributed by atoms with Gasteiger partial charge in [0.25, 0.3) is 11.8 Å². The van der Waals surface area contributed by atoms with E-state index >= 15 is 0 Å². The minimum absolute atomic E-state index is 0.0208. The predicted octanol–water partition coefficient (Wildman–Crippen LogP) is 3.23. The zero-order valence-corrected chi connectivity index (χ0v) is 13.2. The monoisotopic (exact) mass is 340 g/mol. The number of nitrogens with zero attached hydrogens (tertiary/aromatic N) is 1. The molecule has 6 heteroatoms. The Morgan fingerprint density at radius 1 is 1.20 bits per heavy atom. The van der Waals surface area contributed by atoms with Crippen molar-refractivity contribution in [2.45, 2.75) is 19.3 Å². The molecular weight excluding hydrogens is 326 g/mol. The molecule has 0 spiro atoms. The third-order valence-corrected chi connectivity index (χ3v) is 4.66. The molecule has 1 heterocycles. The fourth-order valence-corrected chi connectivity index (χ4v) is 3.47. The summed E-state index contributed by atoms with van der Waals surface area (Å²) in [5, 5.41) is 2.86. The molecule has 1 aliphatic heterocycles. The lowest BCUT2D eigenvalue weighted by Gasteiger charge is -2.28. The van der Waals surface area contributed by atoms with E-state index in [1.165, 1.54) is 6.07 Å².